The topological polar surface area (TPSA) is 79.6 Å². The number of H-pyrrole nitrogens is 1. The summed E-state index contributed by atoms with van der Waals surface area (Å²) in [5.41, 5.74) is 1.09. The number of pyridine rings is 1. The molecule has 3 heterocycles. The van der Waals surface area contributed by atoms with Crippen molar-refractivity contribution in [3.05, 3.63) is 54.0 Å². The molecule has 0 saturated heterocycles. The number of fused-ring (bicyclic) bond motifs is 1. The average Bonchev–Trinajstić information content (AvgIpc) is 3.22. The number of aromatic amines is 1. The Kier molecular flexibility index (Phi) is 3.46. The van der Waals surface area contributed by atoms with Gasteiger partial charge in [-0.2, -0.15) is 18.3 Å². The SMILES string of the molecule is Cc1cc(C(F)(F)F)cc(O)c1-c1ccc2cn(-c3cn[nH]c3)nc2n1. The lowest BCUT2D eigenvalue weighted by Crippen LogP contribution is -2.05. The molecule has 0 aliphatic heterocycles. The van der Waals surface area contributed by atoms with Crippen LogP contribution in [0.3, 0.4) is 0 Å². The van der Waals surface area contributed by atoms with Gasteiger partial charge in [0.05, 0.1) is 17.5 Å². The molecule has 26 heavy (non-hydrogen) atoms. The molecule has 0 atom stereocenters. The molecule has 0 unspecified atom stereocenters. The normalized spacial score (nSPS) is 12.0. The van der Waals surface area contributed by atoms with Gasteiger partial charge in [0.1, 0.15) is 11.4 Å². The average molecular weight is 359 g/mol. The summed E-state index contributed by atoms with van der Waals surface area (Å²) in [6.45, 7) is 1.50. The smallest absolute Gasteiger partial charge is 0.416 e. The molecule has 2 N–H and O–H groups in total. The van der Waals surface area contributed by atoms with Crippen LogP contribution in [0.25, 0.3) is 28.0 Å². The van der Waals surface area contributed by atoms with Crippen molar-refractivity contribution in [1.29, 1.82) is 0 Å². The maximum absolute atomic E-state index is 12.9. The van der Waals surface area contributed by atoms with E-state index in [1.54, 1.807) is 35.4 Å². The van der Waals surface area contributed by atoms with Crippen molar-refractivity contribution in [2.45, 2.75) is 13.1 Å². The van der Waals surface area contributed by atoms with Crippen molar-refractivity contribution in [3.63, 3.8) is 0 Å². The second-order valence-electron chi connectivity index (χ2n) is 5.82. The number of hydrogen-bond acceptors (Lipinski definition) is 4. The third kappa shape index (κ3) is 2.67. The lowest BCUT2D eigenvalue weighted by molar-refractivity contribution is -0.137. The number of alkyl halides is 3. The third-order valence-corrected chi connectivity index (χ3v) is 4.02. The first-order chi connectivity index (χ1) is 12.3. The number of nitrogens with zero attached hydrogens (tertiary/aromatic N) is 4. The van der Waals surface area contributed by atoms with Crippen LogP contribution in [0, 0.1) is 6.92 Å². The van der Waals surface area contributed by atoms with Gasteiger partial charge in [-0.25, -0.2) is 9.67 Å². The number of aromatic hydroxyl groups is 1. The van der Waals surface area contributed by atoms with Crippen LogP contribution in [0.2, 0.25) is 0 Å². The van der Waals surface area contributed by atoms with E-state index in [0.717, 1.165) is 17.1 Å². The lowest BCUT2D eigenvalue weighted by Gasteiger charge is -2.13. The molecule has 3 aromatic heterocycles. The van der Waals surface area contributed by atoms with Crippen LogP contribution in [0.4, 0.5) is 13.2 Å². The van der Waals surface area contributed by atoms with Crippen molar-refractivity contribution in [3.8, 4) is 22.7 Å². The van der Waals surface area contributed by atoms with Gasteiger partial charge in [0.15, 0.2) is 5.65 Å². The molecule has 6 nitrogen and oxygen atoms in total. The fraction of sp³-hybridized carbons (Fsp3) is 0.118. The molecule has 0 saturated carbocycles. The highest BCUT2D eigenvalue weighted by Gasteiger charge is 2.32. The maximum Gasteiger partial charge on any atom is 0.416 e. The highest BCUT2D eigenvalue weighted by atomic mass is 19.4. The fourth-order valence-corrected chi connectivity index (χ4v) is 2.81. The molecule has 9 heteroatoms. The van der Waals surface area contributed by atoms with Crippen LogP contribution in [0.1, 0.15) is 11.1 Å². The Morgan fingerprint density at radius 3 is 2.65 bits per heavy atom. The van der Waals surface area contributed by atoms with Crippen molar-refractivity contribution in [1.82, 2.24) is 25.0 Å². The summed E-state index contributed by atoms with van der Waals surface area (Å²) in [5.74, 6) is -0.474. The van der Waals surface area contributed by atoms with Crippen molar-refractivity contribution in [2.75, 3.05) is 0 Å². The Bertz CT molecular complexity index is 1080. The Labute approximate surface area is 144 Å². The van der Waals surface area contributed by atoms with Crippen LogP contribution in [0.5, 0.6) is 5.75 Å². The van der Waals surface area contributed by atoms with Gasteiger partial charge in [0, 0.05) is 23.3 Å². The van der Waals surface area contributed by atoms with E-state index < -0.39 is 17.5 Å². The van der Waals surface area contributed by atoms with E-state index in [0.29, 0.717) is 17.4 Å². The van der Waals surface area contributed by atoms with Gasteiger partial charge in [-0.05, 0) is 36.8 Å². The largest absolute Gasteiger partial charge is 0.507 e. The molecule has 0 aliphatic carbocycles. The molecule has 0 fully saturated rings. The molecule has 4 aromatic rings. The molecule has 0 amide bonds. The van der Waals surface area contributed by atoms with Crippen molar-refractivity contribution >= 4 is 11.0 Å². The van der Waals surface area contributed by atoms with Gasteiger partial charge >= 0.3 is 6.18 Å². The van der Waals surface area contributed by atoms with Crippen molar-refractivity contribution < 1.29 is 18.3 Å². The van der Waals surface area contributed by atoms with Crippen LogP contribution in [-0.4, -0.2) is 30.1 Å². The standard InChI is InChI=1S/C17H12F3N5O/c1-9-4-11(17(18,19)20)5-14(26)15(9)13-3-2-10-8-25(24-16(10)23-13)12-6-21-22-7-12/h2-8,26H,1H3,(H,21,22). The van der Waals surface area contributed by atoms with Crippen LogP contribution < -0.4 is 0 Å². The quantitative estimate of drug-likeness (QED) is 0.570. The van der Waals surface area contributed by atoms with E-state index in [1.807, 2.05) is 0 Å². The number of rotatable bonds is 2. The summed E-state index contributed by atoms with van der Waals surface area (Å²) in [6.07, 6.45) is 0.495. The summed E-state index contributed by atoms with van der Waals surface area (Å²) in [6, 6.07) is 5.08. The first kappa shape index (κ1) is 16.1. The highest BCUT2D eigenvalue weighted by molar-refractivity contribution is 5.80. The number of phenols is 1. The lowest BCUT2D eigenvalue weighted by atomic mass is 10.00. The van der Waals surface area contributed by atoms with Gasteiger partial charge in [0.2, 0.25) is 0 Å². The molecule has 132 valence electrons. The Balaban J connectivity index is 1.82. The number of nitrogens with one attached hydrogen (secondary N) is 1. The number of benzene rings is 1. The molecule has 0 aliphatic rings. The van der Waals surface area contributed by atoms with Crippen LogP contribution >= 0.6 is 0 Å². The monoisotopic (exact) mass is 359 g/mol. The van der Waals surface area contributed by atoms with E-state index in [2.05, 4.69) is 20.3 Å². The maximum atomic E-state index is 12.9. The third-order valence-electron chi connectivity index (χ3n) is 4.02. The van der Waals surface area contributed by atoms with E-state index in [4.69, 9.17) is 0 Å². The predicted octanol–water partition coefficient (Wildman–Crippen LogP) is 3.84. The van der Waals surface area contributed by atoms with E-state index >= 15 is 0 Å². The first-order valence-corrected chi connectivity index (χ1v) is 7.60. The van der Waals surface area contributed by atoms with Crippen LogP contribution in [0.15, 0.2) is 42.9 Å². The van der Waals surface area contributed by atoms with Gasteiger partial charge in [-0.1, -0.05) is 0 Å². The second kappa shape index (κ2) is 5.58. The zero-order valence-electron chi connectivity index (χ0n) is 13.4. The van der Waals surface area contributed by atoms with E-state index in [-0.39, 0.29) is 11.1 Å². The summed E-state index contributed by atoms with van der Waals surface area (Å²) >= 11 is 0. The fourth-order valence-electron chi connectivity index (χ4n) is 2.81. The minimum absolute atomic E-state index is 0.248. The molecule has 1 aromatic carbocycles. The van der Waals surface area contributed by atoms with E-state index in [9.17, 15) is 18.3 Å². The summed E-state index contributed by atoms with van der Waals surface area (Å²) in [5, 5.41) is 21.8. The number of hydrogen-bond donors (Lipinski definition) is 2. The molecular formula is C17H12F3N5O. The molecule has 0 bridgehead atoms. The first-order valence-electron chi connectivity index (χ1n) is 7.60. The zero-order chi connectivity index (χ0) is 18.5. The zero-order valence-corrected chi connectivity index (χ0v) is 13.4. The number of aromatic nitrogens is 5. The molecular weight excluding hydrogens is 347 g/mol. The summed E-state index contributed by atoms with van der Waals surface area (Å²) < 4.78 is 40.2. The molecule has 4 rings (SSSR count). The summed E-state index contributed by atoms with van der Waals surface area (Å²) in [4.78, 5) is 4.39. The van der Waals surface area contributed by atoms with E-state index in [1.165, 1.54) is 6.92 Å². The van der Waals surface area contributed by atoms with Gasteiger partial charge in [-0.3, -0.25) is 5.10 Å². The number of phenolic OH excluding ortho intramolecular Hbond substituents is 1. The molecule has 0 radical (unpaired) electrons. The number of halogens is 3. The predicted molar refractivity (Wildman–Crippen MR) is 87.9 cm³/mol. The Hall–Kier alpha value is -3.36. The summed E-state index contributed by atoms with van der Waals surface area (Å²) in [7, 11) is 0. The van der Waals surface area contributed by atoms with Gasteiger partial charge in [0.25, 0.3) is 0 Å². The number of aryl methyl sites for hydroxylation is 1. The van der Waals surface area contributed by atoms with Crippen LogP contribution in [-0.2, 0) is 6.18 Å². The van der Waals surface area contributed by atoms with Gasteiger partial charge in [-0.15, -0.1) is 5.10 Å². The molecule has 0 spiro atoms. The Morgan fingerprint density at radius 1 is 1.19 bits per heavy atom. The second-order valence-corrected chi connectivity index (χ2v) is 5.82. The highest BCUT2D eigenvalue weighted by Crippen LogP contribution is 2.38. The van der Waals surface area contributed by atoms with Gasteiger partial charge < -0.3 is 5.11 Å². The van der Waals surface area contributed by atoms with Crippen molar-refractivity contribution in [2.24, 2.45) is 0 Å². The minimum Gasteiger partial charge on any atom is -0.507 e. The minimum atomic E-state index is -4.53. The Morgan fingerprint density at radius 2 is 2.00 bits per heavy atom.